The van der Waals surface area contributed by atoms with E-state index in [0.29, 0.717) is 65.4 Å². The summed E-state index contributed by atoms with van der Waals surface area (Å²) in [6.07, 6.45) is 4.22. The van der Waals surface area contributed by atoms with Crippen molar-refractivity contribution in [1.29, 1.82) is 0 Å². The third-order valence-corrected chi connectivity index (χ3v) is 15.7. The highest BCUT2D eigenvalue weighted by Gasteiger charge is 2.49. The minimum absolute atomic E-state index is 0.00662. The van der Waals surface area contributed by atoms with E-state index in [2.05, 4.69) is 0 Å². The number of hydrogen-bond donors (Lipinski definition) is 4. The molecule has 73 heavy (non-hydrogen) atoms. The molecule has 2 atom stereocenters. The van der Waals surface area contributed by atoms with Crippen LogP contribution in [0.15, 0.2) is 70.1 Å². The molecule has 3 aliphatic rings. The third kappa shape index (κ3) is 16.2. The van der Waals surface area contributed by atoms with Gasteiger partial charge in [-0.1, -0.05) is 6.08 Å². The summed E-state index contributed by atoms with van der Waals surface area (Å²) in [7, 11) is -16.9. The van der Waals surface area contributed by atoms with Crippen molar-refractivity contribution in [3.8, 4) is 0 Å². The van der Waals surface area contributed by atoms with E-state index in [1.165, 1.54) is 36.4 Å². The van der Waals surface area contributed by atoms with Crippen LogP contribution in [-0.4, -0.2) is 176 Å². The van der Waals surface area contributed by atoms with Crippen LogP contribution in [-0.2, 0) is 94.2 Å². The molecular formula is C45H62N3O21S4+. The molecule has 2 aromatic carbocycles. The van der Waals surface area contributed by atoms with Gasteiger partial charge in [-0.15, -0.1) is 5.06 Å². The molecule has 3 heterocycles. The number of allylic oxidation sites excluding steroid dienone is 4. The lowest BCUT2D eigenvalue weighted by molar-refractivity contribution is -0.442. The first-order valence-corrected chi connectivity index (χ1v) is 29.1. The second-order valence-electron chi connectivity index (χ2n) is 17.6. The Morgan fingerprint density at radius 3 is 1.77 bits per heavy atom. The maximum absolute atomic E-state index is 12.5. The molecule has 0 radical (unpaired) electrons. The number of ether oxygens (including phenoxy) is 5. The second kappa shape index (κ2) is 25.3. The van der Waals surface area contributed by atoms with Crippen LogP contribution in [0.1, 0.15) is 69.9 Å². The average Bonchev–Trinajstić information content (AvgIpc) is 3.82. The molecule has 406 valence electrons. The quantitative estimate of drug-likeness (QED) is 0.0365. The van der Waals surface area contributed by atoms with Crippen LogP contribution >= 0.6 is 0 Å². The van der Waals surface area contributed by atoms with Gasteiger partial charge >= 0.3 is 5.97 Å². The molecule has 5 rings (SSSR count). The van der Waals surface area contributed by atoms with Crippen molar-refractivity contribution >= 4 is 75.3 Å². The summed E-state index contributed by atoms with van der Waals surface area (Å²) in [6.45, 7) is 5.32. The van der Waals surface area contributed by atoms with E-state index in [-0.39, 0.29) is 91.1 Å². The van der Waals surface area contributed by atoms with Crippen molar-refractivity contribution in [3.05, 3.63) is 71.5 Å². The highest BCUT2D eigenvalue weighted by molar-refractivity contribution is 7.86. The molecule has 2 aromatic rings. The molecule has 1 fully saturated rings. The molecule has 24 nitrogen and oxygen atoms in total. The van der Waals surface area contributed by atoms with E-state index in [1.807, 2.05) is 4.90 Å². The summed E-state index contributed by atoms with van der Waals surface area (Å²) in [5.74, 6) is -3.52. The van der Waals surface area contributed by atoms with Crippen LogP contribution in [0.5, 0.6) is 0 Å². The summed E-state index contributed by atoms with van der Waals surface area (Å²) in [5, 5.41) is 0.411. The first kappa shape index (κ1) is 59.3. The molecule has 2 unspecified atom stereocenters. The largest absolute Gasteiger partial charge is 0.382 e. The minimum atomic E-state index is -4.77. The van der Waals surface area contributed by atoms with Crippen molar-refractivity contribution in [1.82, 2.24) is 5.06 Å². The SMILES string of the molecule is COCCOCCOCCOCCN1C(=CC=CC2=[N+](CCOCCC(=O)ON3C(=O)CCC3=O)c3ccc(S(=O)(=O)O)cc3C2(C)CCCS(=O)(=O)O)C(C)(CCCS(=O)(=O)O)c2cc(S(=O)(=O)O)ccc21. The summed E-state index contributed by atoms with van der Waals surface area (Å²) in [5.41, 5.74) is 0.129. The number of anilines is 1. The normalized spacial score (nSPS) is 20.0. The summed E-state index contributed by atoms with van der Waals surface area (Å²) in [4.78, 5) is 42.2. The fraction of sp³-hybridized carbons (Fsp3) is 0.556. The molecule has 0 saturated carbocycles. The fourth-order valence-electron chi connectivity index (χ4n) is 8.90. The predicted octanol–water partition coefficient (Wildman–Crippen LogP) is 2.80. The van der Waals surface area contributed by atoms with Gasteiger partial charge in [0.15, 0.2) is 12.3 Å². The van der Waals surface area contributed by atoms with E-state index >= 15 is 0 Å². The monoisotopic (exact) mass is 1110 g/mol. The number of carbonyl (C=O) groups excluding carboxylic acids is 3. The minimum Gasteiger partial charge on any atom is -0.382 e. The van der Waals surface area contributed by atoms with Gasteiger partial charge in [0.1, 0.15) is 6.61 Å². The maximum atomic E-state index is 12.5. The smallest absolute Gasteiger partial charge is 0.335 e. The molecule has 1 saturated heterocycles. The van der Waals surface area contributed by atoms with E-state index < -0.39 is 90.4 Å². The highest BCUT2D eigenvalue weighted by Crippen LogP contribution is 2.51. The highest BCUT2D eigenvalue weighted by atomic mass is 32.2. The van der Waals surface area contributed by atoms with Crippen molar-refractivity contribution in [2.24, 2.45) is 0 Å². The van der Waals surface area contributed by atoms with Crippen LogP contribution in [0.4, 0.5) is 11.4 Å². The maximum Gasteiger partial charge on any atom is 0.335 e. The lowest BCUT2D eigenvalue weighted by Gasteiger charge is -2.30. The van der Waals surface area contributed by atoms with Gasteiger partial charge in [-0.3, -0.25) is 27.8 Å². The first-order chi connectivity index (χ1) is 34.2. The Hall–Kier alpha value is -4.56. The van der Waals surface area contributed by atoms with Crippen LogP contribution in [0.3, 0.4) is 0 Å². The number of nitrogens with zero attached hydrogens (tertiary/aromatic N) is 3. The number of carbonyl (C=O) groups is 3. The number of rotatable bonds is 31. The molecule has 0 aromatic heterocycles. The fourth-order valence-corrected chi connectivity index (χ4v) is 10.9. The standard InChI is InChI=1S/C45H61N3O21S4/c1-44(16-5-29-70(52,53)54)35-31-33(72(58,59)60)9-11-37(35)46(18-21-65-20-15-43(51)69-48-41(49)13-14-42(48)50)39(44)7-4-8-40-45(2,17-6-30-71(55,56)57)36-32-34(73(61,62)63)10-12-38(36)47(40)19-22-66-25-26-68-28-27-67-24-23-64-3/h4,7-12,31-32H,5-6,13-30H2,1-3H3,(H3-,52,53,54,55,56,57,58,59,60,61,62,63)/p+1. The van der Waals surface area contributed by atoms with Gasteiger partial charge in [0.2, 0.25) is 5.69 Å². The van der Waals surface area contributed by atoms with Crippen LogP contribution < -0.4 is 4.90 Å². The van der Waals surface area contributed by atoms with Crippen molar-refractivity contribution in [3.63, 3.8) is 0 Å². The van der Waals surface area contributed by atoms with Crippen molar-refractivity contribution in [2.75, 3.05) is 96.1 Å². The van der Waals surface area contributed by atoms with Gasteiger partial charge in [0.05, 0.1) is 86.0 Å². The van der Waals surface area contributed by atoms with Crippen molar-refractivity contribution in [2.45, 2.75) is 79.4 Å². The van der Waals surface area contributed by atoms with E-state index in [0.717, 1.165) is 0 Å². The topological polar surface area (TPSA) is 334 Å². The van der Waals surface area contributed by atoms with Crippen LogP contribution in [0.2, 0.25) is 0 Å². The Labute approximate surface area is 424 Å². The van der Waals surface area contributed by atoms with Gasteiger partial charge in [-0.25, -0.2) is 4.79 Å². The molecule has 2 amide bonds. The van der Waals surface area contributed by atoms with Gasteiger partial charge in [-0.05, 0) is 81.5 Å². The van der Waals surface area contributed by atoms with Crippen LogP contribution in [0.25, 0.3) is 0 Å². The predicted molar refractivity (Wildman–Crippen MR) is 260 cm³/mol. The van der Waals surface area contributed by atoms with E-state index in [9.17, 15) is 66.3 Å². The number of amides is 2. The number of hydrogen-bond acceptors (Lipinski definition) is 18. The number of hydroxylamine groups is 2. The van der Waals surface area contributed by atoms with E-state index in [1.54, 1.807) is 43.8 Å². The summed E-state index contributed by atoms with van der Waals surface area (Å²) < 4.78 is 167. The van der Waals surface area contributed by atoms with Gasteiger partial charge in [0, 0.05) is 61.0 Å². The molecule has 3 aliphatic heterocycles. The number of methoxy groups -OCH3 is 1. The number of imide groups is 1. The number of fused-ring (bicyclic) bond motifs is 2. The Morgan fingerprint density at radius 2 is 1.21 bits per heavy atom. The Bertz CT molecular complexity index is 2890. The molecule has 0 bridgehead atoms. The second-order valence-corrected chi connectivity index (χ2v) is 23.6. The number of benzene rings is 2. The van der Waals surface area contributed by atoms with Crippen molar-refractivity contribution < 1.29 is 99.4 Å². The van der Waals surface area contributed by atoms with Crippen LogP contribution in [0, 0.1) is 0 Å². The summed E-state index contributed by atoms with van der Waals surface area (Å²) >= 11 is 0. The zero-order valence-corrected chi connectivity index (χ0v) is 43.8. The molecule has 28 heteroatoms. The van der Waals surface area contributed by atoms with Gasteiger partial charge in [-0.2, -0.15) is 38.2 Å². The zero-order valence-electron chi connectivity index (χ0n) is 40.5. The Balaban J connectivity index is 1.54. The Kier molecular flexibility index (Phi) is 20.6. The average molecular weight is 1110 g/mol. The van der Waals surface area contributed by atoms with Gasteiger partial charge < -0.3 is 33.4 Å². The molecule has 4 N–H and O–H groups in total. The molecular weight excluding hydrogens is 1050 g/mol. The lowest BCUT2D eigenvalue weighted by Crippen LogP contribution is -2.33. The first-order valence-electron chi connectivity index (χ1n) is 23.0. The zero-order chi connectivity index (χ0) is 53.8. The summed E-state index contributed by atoms with van der Waals surface area (Å²) in [6, 6.07) is 7.85. The third-order valence-electron chi connectivity index (χ3n) is 12.4. The molecule has 0 spiro atoms. The van der Waals surface area contributed by atoms with E-state index in [4.69, 9.17) is 28.5 Å². The van der Waals surface area contributed by atoms with Gasteiger partial charge in [0.25, 0.3) is 52.3 Å². The molecule has 0 aliphatic carbocycles. The lowest BCUT2D eigenvalue weighted by atomic mass is 9.75. The Morgan fingerprint density at radius 1 is 0.685 bits per heavy atom.